The molecule has 0 bridgehead atoms. The number of ether oxygens (including phenoxy) is 1. The molecule has 0 radical (unpaired) electrons. The van der Waals surface area contributed by atoms with Crippen molar-refractivity contribution in [3.8, 4) is 0 Å². The third kappa shape index (κ3) is 3.48. The van der Waals surface area contributed by atoms with Gasteiger partial charge in [0.1, 0.15) is 16.5 Å². The molecule has 8 heteroatoms. The fraction of sp³-hybridized carbons (Fsp3) is 0.364. The van der Waals surface area contributed by atoms with Crippen LogP contribution in [0.15, 0.2) is 17.0 Å². The maximum absolute atomic E-state index is 13.5. The Morgan fingerprint density at radius 1 is 1.37 bits per heavy atom. The summed E-state index contributed by atoms with van der Waals surface area (Å²) in [5.41, 5.74) is -0.416. The lowest BCUT2D eigenvalue weighted by Gasteiger charge is -2.11. The van der Waals surface area contributed by atoms with Gasteiger partial charge >= 0.3 is 5.97 Å². The van der Waals surface area contributed by atoms with Gasteiger partial charge in [0, 0.05) is 6.26 Å². The number of hydrogen-bond donors (Lipinski definition) is 1. The number of esters is 1. The first-order valence-electron chi connectivity index (χ1n) is 5.22. The van der Waals surface area contributed by atoms with Crippen LogP contribution in [0.4, 0.5) is 8.78 Å². The molecule has 19 heavy (non-hydrogen) atoms. The van der Waals surface area contributed by atoms with Crippen LogP contribution in [0.3, 0.4) is 0 Å². The topological polar surface area (TPSA) is 80.7 Å². The lowest BCUT2D eigenvalue weighted by atomic mass is 10.1. The molecule has 0 aliphatic heterocycles. The zero-order valence-electron chi connectivity index (χ0n) is 10.2. The van der Waals surface area contributed by atoms with Crippen LogP contribution in [0, 0.1) is 11.6 Å². The normalized spacial score (nSPS) is 13.1. The van der Waals surface area contributed by atoms with E-state index in [1.165, 1.54) is 6.92 Å². The number of carbonyl (C=O) groups excluding carboxylic acids is 1. The number of benzene rings is 1. The molecule has 1 aromatic carbocycles. The maximum Gasteiger partial charge on any atom is 0.339 e. The number of halogens is 2. The molecule has 0 spiro atoms. The Labute approximate surface area is 108 Å². The first-order valence-corrected chi connectivity index (χ1v) is 7.11. The van der Waals surface area contributed by atoms with Gasteiger partial charge in [-0.15, -0.1) is 0 Å². The minimum absolute atomic E-state index is 0.0116. The third-order valence-electron chi connectivity index (χ3n) is 2.22. The third-order valence-corrected chi connectivity index (χ3v) is 3.35. The van der Waals surface area contributed by atoms with E-state index in [0.717, 1.165) is 0 Å². The summed E-state index contributed by atoms with van der Waals surface area (Å²) in [6.07, 6.45) is -1.23. The van der Waals surface area contributed by atoms with Gasteiger partial charge in [0.05, 0.1) is 6.61 Å². The minimum Gasteiger partial charge on any atom is -0.464 e. The highest BCUT2D eigenvalue weighted by Gasteiger charge is 2.25. The van der Waals surface area contributed by atoms with E-state index in [-0.39, 0.29) is 6.61 Å². The Balaban J connectivity index is 3.26. The Morgan fingerprint density at radius 2 is 1.84 bits per heavy atom. The number of aliphatic hydroxyl groups excluding tert-OH is 1. The fourth-order valence-electron chi connectivity index (χ4n) is 1.45. The number of carbonyl (C=O) groups is 1. The zero-order valence-corrected chi connectivity index (χ0v) is 11.0. The van der Waals surface area contributed by atoms with Crippen molar-refractivity contribution in [2.75, 3.05) is 12.9 Å². The fourth-order valence-corrected chi connectivity index (χ4v) is 2.28. The largest absolute Gasteiger partial charge is 0.464 e. The van der Waals surface area contributed by atoms with Crippen LogP contribution >= 0.6 is 0 Å². The van der Waals surface area contributed by atoms with Crippen LogP contribution < -0.4 is 0 Å². The molecule has 0 saturated heterocycles. The van der Waals surface area contributed by atoms with E-state index in [4.69, 9.17) is 0 Å². The second-order valence-corrected chi connectivity index (χ2v) is 5.69. The summed E-state index contributed by atoms with van der Waals surface area (Å²) < 4.78 is 53.9. The molecule has 1 N–H and O–H groups in total. The van der Waals surface area contributed by atoms with E-state index in [2.05, 4.69) is 4.74 Å². The SMILES string of the molecule is CCOC(=O)C(O)c1cc(F)c(S(C)(=O)=O)c(F)c1. The second kappa shape index (κ2) is 5.62. The molecule has 0 fully saturated rings. The first-order chi connectivity index (χ1) is 8.68. The van der Waals surface area contributed by atoms with E-state index in [9.17, 15) is 27.1 Å². The molecule has 106 valence electrons. The van der Waals surface area contributed by atoms with E-state index >= 15 is 0 Å². The van der Waals surface area contributed by atoms with Crippen LogP contribution in [0.1, 0.15) is 18.6 Å². The smallest absolute Gasteiger partial charge is 0.339 e. The Bertz CT molecular complexity index is 574. The van der Waals surface area contributed by atoms with Crippen LogP contribution in [-0.2, 0) is 19.4 Å². The first kappa shape index (κ1) is 15.5. The quantitative estimate of drug-likeness (QED) is 0.837. The Hall–Kier alpha value is -1.54. The predicted molar refractivity (Wildman–Crippen MR) is 61.1 cm³/mol. The van der Waals surface area contributed by atoms with Gasteiger partial charge in [-0.2, -0.15) is 0 Å². The molecule has 0 aromatic heterocycles. The van der Waals surface area contributed by atoms with Gasteiger partial charge in [-0.25, -0.2) is 22.0 Å². The molecule has 0 saturated carbocycles. The molecule has 0 heterocycles. The average Bonchev–Trinajstić information content (AvgIpc) is 2.25. The molecule has 5 nitrogen and oxygen atoms in total. The van der Waals surface area contributed by atoms with Crippen molar-refractivity contribution < 1.29 is 31.8 Å². The summed E-state index contributed by atoms with van der Waals surface area (Å²) in [6.45, 7) is 1.49. The van der Waals surface area contributed by atoms with Crippen molar-refractivity contribution in [2.24, 2.45) is 0 Å². The van der Waals surface area contributed by atoms with Crippen molar-refractivity contribution in [1.29, 1.82) is 0 Å². The Morgan fingerprint density at radius 3 is 2.21 bits per heavy atom. The highest BCUT2D eigenvalue weighted by Crippen LogP contribution is 2.24. The van der Waals surface area contributed by atoms with Crippen molar-refractivity contribution in [3.63, 3.8) is 0 Å². The lowest BCUT2D eigenvalue weighted by molar-refractivity contribution is -0.153. The monoisotopic (exact) mass is 294 g/mol. The second-order valence-electron chi connectivity index (χ2n) is 3.74. The van der Waals surface area contributed by atoms with Gasteiger partial charge in [-0.1, -0.05) is 0 Å². The summed E-state index contributed by atoms with van der Waals surface area (Å²) in [6, 6.07) is 1.17. The van der Waals surface area contributed by atoms with Gasteiger partial charge in [-0.3, -0.25) is 0 Å². The number of aliphatic hydroxyl groups is 1. The lowest BCUT2D eigenvalue weighted by Crippen LogP contribution is -2.16. The van der Waals surface area contributed by atoms with Gasteiger partial charge in [0.25, 0.3) is 0 Å². The van der Waals surface area contributed by atoms with Gasteiger partial charge < -0.3 is 9.84 Å². The molecule has 0 aliphatic rings. The van der Waals surface area contributed by atoms with E-state index < -0.39 is 44.0 Å². The molecule has 0 aliphatic carbocycles. The molecular formula is C11H12F2O5S. The van der Waals surface area contributed by atoms with Crippen molar-refractivity contribution in [3.05, 3.63) is 29.3 Å². The summed E-state index contributed by atoms with van der Waals surface area (Å²) in [5.74, 6) is -3.82. The molecule has 1 unspecified atom stereocenters. The highest BCUT2D eigenvalue weighted by atomic mass is 32.2. The predicted octanol–water partition coefficient (Wildman–Crippen LogP) is 0.965. The van der Waals surface area contributed by atoms with E-state index in [1.807, 2.05) is 0 Å². The average molecular weight is 294 g/mol. The summed E-state index contributed by atoms with van der Waals surface area (Å²) in [7, 11) is -4.08. The van der Waals surface area contributed by atoms with Crippen LogP contribution in [-0.4, -0.2) is 32.4 Å². The summed E-state index contributed by atoms with van der Waals surface area (Å²) in [5, 5.41) is 9.51. The highest BCUT2D eigenvalue weighted by molar-refractivity contribution is 7.90. The number of sulfone groups is 1. The standard InChI is InChI=1S/C11H12F2O5S/c1-3-18-11(15)9(14)6-4-7(12)10(8(13)5-6)19(2,16)17/h4-5,9,14H,3H2,1-2H3. The van der Waals surface area contributed by atoms with Crippen LogP contribution in [0.25, 0.3) is 0 Å². The van der Waals surface area contributed by atoms with Crippen molar-refractivity contribution in [2.45, 2.75) is 17.9 Å². The van der Waals surface area contributed by atoms with Gasteiger partial charge in [0.2, 0.25) is 0 Å². The van der Waals surface area contributed by atoms with E-state index in [0.29, 0.717) is 18.4 Å². The van der Waals surface area contributed by atoms with Crippen LogP contribution in [0.5, 0.6) is 0 Å². The summed E-state index contributed by atoms with van der Waals surface area (Å²) >= 11 is 0. The van der Waals surface area contributed by atoms with Gasteiger partial charge in [0.15, 0.2) is 15.9 Å². The zero-order chi connectivity index (χ0) is 14.8. The Kier molecular flexibility index (Phi) is 4.59. The molecule has 1 aromatic rings. The number of rotatable bonds is 4. The maximum atomic E-state index is 13.5. The molecule has 1 atom stereocenters. The number of hydrogen-bond acceptors (Lipinski definition) is 5. The molecule has 0 amide bonds. The molecular weight excluding hydrogens is 282 g/mol. The van der Waals surface area contributed by atoms with Crippen molar-refractivity contribution >= 4 is 15.8 Å². The summed E-state index contributed by atoms with van der Waals surface area (Å²) in [4.78, 5) is 10.1. The minimum atomic E-state index is -4.08. The van der Waals surface area contributed by atoms with Crippen LogP contribution in [0.2, 0.25) is 0 Å². The van der Waals surface area contributed by atoms with Crippen molar-refractivity contribution in [1.82, 2.24) is 0 Å². The molecule has 1 rings (SSSR count). The van der Waals surface area contributed by atoms with E-state index in [1.54, 1.807) is 0 Å². The van der Waals surface area contributed by atoms with Gasteiger partial charge in [-0.05, 0) is 24.6 Å².